The first-order chi connectivity index (χ1) is 5.34. The summed E-state index contributed by atoms with van der Waals surface area (Å²) in [6.45, 7) is 3.69. The Bertz CT molecular complexity index is 120. The van der Waals surface area contributed by atoms with E-state index in [0.717, 1.165) is 19.3 Å². The Balaban J connectivity index is 2.23. The van der Waals surface area contributed by atoms with Crippen molar-refractivity contribution < 1.29 is 5.11 Å². The molecule has 0 amide bonds. The van der Waals surface area contributed by atoms with E-state index in [2.05, 4.69) is 6.58 Å². The maximum absolute atomic E-state index is 9.56. The van der Waals surface area contributed by atoms with Crippen molar-refractivity contribution in [3.8, 4) is 0 Å². The quantitative estimate of drug-likeness (QED) is 0.619. The maximum atomic E-state index is 9.56. The zero-order valence-corrected chi connectivity index (χ0v) is 7.13. The van der Waals surface area contributed by atoms with Gasteiger partial charge in [-0.3, -0.25) is 0 Å². The number of rotatable bonds is 3. The summed E-state index contributed by atoms with van der Waals surface area (Å²) < 4.78 is 0. The fourth-order valence-electron chi connectivity index (χ4n) is 1.86. The molecule has 1 heteroatoms. The summed E-state index contributed by atoms with van der Waals surface area (Å²) in [5.74, 6) is 0.557. The van der Waals surface area contributed by atoms with Gasteiger partial charge in [0.2, 0.25) is 0 Å². The minimum atomic E-state index is -0.0244. The van der Waals surface area contributed by atoms with Crippen molar-refractivity contribution >= 4 is 0 Å². The second kappa shape index (κ2) is 4.55. The van der Waals surface area contributed by atoms with Gasteiger partial charge in [0.25, 0.3) is 0 Å². The molecule has 0 bridgehead atoms. The molecule has 0 aromatic rings. The van der Waals surface area contributed by atoms with Crippen LogP contribution in [-0.2, 0) is 0 Å². The molecule has 64 valence electrons. The predicted molar refractivity (Wildman–Crippen MR) is 47.4 cm³/mol. The van der Waals surface area contributed by atoms with Gasteiger partial charge in [-0.25, -0.2) is 0 Å². The average Bonchev–Trinajstić information content (AvgIpc) is 2.03. The van der Waals surface area contributed by atoms with E-state index in [4.69, 9.17) is 0 Å². The van der Waals surface area contributed by atoms with Gasteiger partial charge in [-0.15, -0.1) is 6.58 Å². The van der Waals surface area contributed by atoms with Crippen LogP contribution < -0.4 is 0 Å². The summed E-state index contributed by atoms with van der Waals surface area (Å²) in [6, 6.07) is 0. The molecule has 0 heterocycles. The zero-order valence-electron chi connectivity index (χ0n) is 7.13. The van der Waals surface area contributed by atoms with E-state index in [0.29, 0.717) is 5.92 Å². The first-order valence-electron chi connectivity index (χ1n) is 4.63. The van der Waals surface area contributed by atoms with Gasteiger partial charge >= 0.3 is 0 Å². The first kappa shape index (κ1) is 8.79. The highest BCUT2D eigenvalue weighted by atomic mass is 16.3. The Hall–Kier alpha value is -0.300. The van der Waals surface area contributed by atoms with E-state index in [1.54, 1.807) is 0 Å². The third kappa shape index (κ3) is 2.66. The van der Waals surface area contributed by atoms with Gasteiger partial charge in [-0.2, -0.15) is 0 Å². The number of hydrogen-bond acceptors (Lipinski definition) is 1. The van der Waals surface area contributed by atoms with Gasteiger partial charge in [-0.1, -0.05) is 18.9 Å². The van der Waals surface area contributed by atoms with E-state index in [-0.39, 0.29) is 6.10 Å². The van der Waals surface area contributed by atoms with Gasteiger partial charge in [0, 0.05) is 0 Å². The lowest BCUT2D eigenvalue weighted by Gasteiger charge is -2.26. The van der Waals surface area contributed by atoms with Gasteiger partial charge in [0.05, 0.1) is 6.10 Å². The van der Waals surface area contributed by atoms with Gasteiger partial charge < -0.3 is 5.11 Å². The molecule has 2 atom stereocenters. The van der Waals surface area contributed by atoms with E-state index in [9.17, 15) is 5.11 Å². The van der Waals surface area contributed by atoms with E-state index in [1.165, 1.54) is 19.3 Å². The van der Waals surface area contributed by atoms with Crippen molar-refractivity contribution in [3.05, 3.63) is 12.7 Å². The molecule has 1 N–H and O–H groups in total. The van der Waals surface area contributed by atoms with Crippen LogP contribution in [0.2, 0.25) is 0 Å². The number of aliphatic hydroxyl groups excluding tert-OH is 1. The van der Waals surface area contributed by atoms with Gasteiger partial charge in [0.15, 0.2) is 0 Å². The molecule has 0 aromatic carbocycles. The highest BCUT2D eigenvalue weighted by molar-refractivity contribution is 4.77. The summed E-state index contributed by atoms with van der Waals surface area (Å²) in [6.07, 6.45) is 8.86. The molecule has 11 heavy (non-hydrogen) atoms. The van der Waals surface area contributed by atoms with E-state index >= 15 is 0 Å². The molecule has 0 spiro atoms. The normalized spacial score (nSPS) is 31.7. The summed E-state index contributed by atoms with van der Waals surface area (Å²) in [5, 5.41) is 9.56. The van der Waals surface area contributed by atoms with Crippen LogP contribution in [0.25, 0.3) is 0 Å². The van der Waals surface area contributed by atoms with Crippen LogP contribution in [0.15, 0.2) is 12.7 Å². The molecular formula is C10H18O. The monoisotopic (exact) mass is 154 g/mol. The molecule has 1 fully saturated rings. The first-order valence-corrected chi connectivity index (χ1v) is 4.63. The molecule has 0 radical (unpaired) electrons. The fourth-order valence-corrected chi connectivity index (χ4v) is 1.86. The molecule has 1 aliphatic rings. The van der Waals surface area contributed by atoms with E-state index in [1.807, 2.05) is 6.08 Å². The SMILES string of the molecule is C=CCCC1CCCCC1O. The fraction of sp³-hybridized carbons (Fsp3) is 0.800. The number of aliphatic hydroxyl groups is 1. The van der Waals surface area contributed by atoms with Crippen LogP contribution >= 0.6 is 0 Å². The topological polar surface area (TPSA) is 20.2 Å². The summed E-state index contributed by atoms with van der Waals surface area (Å²) >= 11 is 0. The largest absolute Gasteiger partial charge is 0.393 e. The second-order valence-corrected chi connectivity index (χ2v) is 3.48. The van der Waals surface area contributed by atoms with Crippen molar-refractivity contribution in [3.63, 3.8) is 0 Å². The molecule has 1 saturated carbocycles. The van der Waals surface area contributed by atoms with Crippen LogP contribution in [0, 0.1) is 5.92 Å². The molecule has 1 aliphatic carbocycles. The Kier molecular flexibility index (Phi) is 3.64. The summed E-state index contributed by atoms with van der Waals surface area (Å²) in [7, 11) is 0. The van der Waals surface area contributed by atoms with E-state index < -0.39 is 0 Å². The lowest BCUT2D eigenvalue weighted by atomic mass is 9.84. The summed E-state index contributed by atoms with van der Waals surface area (Å²) in [5.41, 5.74) is 0. The molecule has 0 saturated heterocycles. The average molecular weight is 154 g/mol. The lowest BCUT2D eigenvalue weighted by Crippen LogP contribution is -2.23. The molecular weight excluding hydrogens is 136 g/mol. The smallest absolute Gasteiger partial charge is 0.0568 e. The molecule has 1 rings (SSSR count). The highest BCUT2D eigenvalue weighted by Crippen LogP contribution is 2.27. The molecule has 0 aliphatic heterocycles. The van der Waals surface area contributed by atoms with Crippen molar-refractivity contribution in [2.24, 2.45) is 5.92 Å². The van der Waals surface area contributed by atoms with Crippen LogP contribution in [0.4, 0.5) is 0 Å². The highest BCUT2D eigenvalue weighted by Gasteiger charge is 2.21. The third-order valence-electron chi connectivity index (χ3n) is 2.61. The minimum absolute atomic E-state index is 0.0244. The Morgan fingerprint density at radius 1 is 1.36 bits per heavy atom. The van der Waals surface area contributed by atoms with Crippen molar-refractivity contribution in [1.29, 1.82) is 0 Å². The molecule has 0 aromatic heterocycles. The van der Waals surface area contributed by atoms with Gasteiger partial charge in [-0.05, 0) is 31.6 Å². The second-order valence-electron chi connectivity index (χ2n) is 3.48. The molecule has 2 unspecified atom stereocenters. The zero-order chi connectivity index (χ0) is 8.10. The van der Waals surface area contributed by atoms with Crippen molar-refractivity contribution in [1.82, 2.24) is 0 Å². The van der Waals surface area contributed by atoms with Crippen LogP contribution in [-0.4, -0.2) is 11.2 Å². The maximum Gasteiger partial charge on any atom is 0.0568 e. The number of hydrogen-bond donors (Lipinski definition) is 1. The third-order valence-corrected chi connectivity index (χ3v) is 2.61. The Labute approximate surface area is 69.1 Å². The lowest BCUT2D eigenvalue weighted by molar-refractivity contribution is 0.0659. The van der Waals surface area contributed by atoms with Crippen LogP contribution in [0.1, 0.15) is 38.5 Å². The minimum Gasteiger partial charge on any atom is -0.393 e. The standard InChI is InChI=1S/C10H18O/c1-2-3-6-9-7-4-5-8-10(9)11/h2,9-11H,1,3-8H2. The van der Waals surface area contributed by atoms with Crippen molar-refractivity contribution in [2.75, 3.05) is 0 Å². The predicted octanol–water partition coefficient (Wildman–Crippen LogP) is 2.50. The van der Waals surface area contributed by atoms with Crippen molar-refractivity contribution in [2.45, 2.75) is 44.6 Å². The van der Waals surface area contributed by atoms with Crippen LogP contribution in [0.3, 0.4) is 0 Å². The summed E-state index contributed by atoms with van der Waals surface area (Å²) in [4.78, 5) is 0. The number of allylic oxidation sites excluding steroid dienone is 1. The Morgan fingerprint density at radius 2 is 2.09 bits per heavy atom. The molecule has 1 nitrogen and oxygen atoms in total. The van der Waals surface area contributed by atoms with Gasteiger partial charge in [0.1, 0.15) is 0 Å². The Morgan fingerprint density at radius 3 is 2.73 bits per heavy atom. The van der Waals surface area contributed by atoms with Crippen LogP contribution in [0.5, 0.6) is 0 Å².